The number of nitrogens with zero attached hydrogens (tertiary/aromatic N) is 3. The summed E-state index contributed by atoms with van der Waals surface area (Å²) in [5.41, 5.74) is -0.370. The molecule has 22 heavy (non-hydrogen) atoms. The standard InChI is InChI=1S/C10H8N4O5S3/c1-6(15)11-9-12-13(10(20)21-9)22(18,19)8-4-2-3-7(5-8)14(16)17/h2-5H,1H3,(H,11,12,15). The van der Waals surface area contributed by atoms with Gasteiger partial charge in [-0.3, -0.25) is 14.9 Å². The highest BCUT2D eigenvalue weighted by atomic mass is 32.2. The van der Waals surface area contributed by atoms with Gasteiger partial charge >= 0.3 is 0 Å². The molecule has 0 aliphatic heterocycles. The zero-order valence-electron chi connectivity index (χ0n) is 10.9. The Balaban J connectivity index is 2.53. The summed E-state index contributed by atoms with van der Waals surface area (Å²) in [5.74, 6) is -0.427. The Labute approximate surface area is 133 Å². The third-order valence-corrected chi connectivity index (χ3v) is 5.31. The molecule has 0 fully saturated rings. The van der Waals surface area contributed by atoms with Crippen molar-refractivity contribution in [3.63, 3.8) is 0 Å². The average Bonchev–Trinajstić information content (AvgIpc) is 2.79. The molecule has 0 atom stereocenters. The van der Waals surface area contributed by atoms with E-state index < -0.39 is 20.9 Å². The Morgan fingerprint density at radius 3 is 2.77 bits per heavy atom. The lowest BCUT2D eigenvalue weighted by Crippen LogP contribution is -2.15. The van der Waals surface area contributed by atoms with Crippen LogP contribution in [-0.4, -0.2) is 28.4 Å². The Hall–Kier alpha value is -2.18. The predicted molar refractivity (Wildman–Crippen MR) is 80.9 cm³/mol. The first-order valence-corrected chi connectivity index (χ1v) is 8.26. The molecule has 2 aromatic rings. The van der Waals surface area contributed by atoms with Crippen molar-refractivity contribution in [2.45, 2.75) is 11.8 Å². The van der Waals surface area contributed by atoms with E-state index in [2.05, 4.69) is 10.4 Å². The molecule has 2 rings (SSSR count). The van der Waals surface area contributed by atoms with E-state index in [9.17, 15) is 23.3 Å². The molecule has 1 amide bonds. The van der Waals surface area contributed by atoms with Crippen molar-refractivity contribution in [2.75, 3.05) is 5.32 Å². The molecule has 1 N–H and O–H groups in total. The van der Waals surface area contributed by atoms with Crippen molar-refractivity contribution in [1.29, 1.82) is 0 Å². The molecule has 0 bridgehead atoms. The molecule has 1 heterocycles. The lowest BCUT2D eigenvalue weighted by molar-refractivity contribution is -0.385. The number of hydrogen-bond donors (Lipinski definition) is 1. The summed E-state index contributed by atoms with van der Waals surface area (Å²) >= 11 is 5.71. The molecule has 116 valence electrons. The van der Waals surface area contributed by atoms with E-state index in [4.69, 9.17) is 12.2 Å². The van der Waals surface area contributed by atoms with Crippen LogP contribution in [0, 0.1) is 14.1 Å². The van der Waals surface area contributed by atoms with Gasteiger partial charge in [-0.25, -0.2) is 0 Å². The maximum atomic E-state index is 12.4. The van der Waals surface area contributed by atoms with E-state index in [-0.39, 0.29) is 19.7 Å². The first-order valence-electron chi connectivity index (χ1n) is 5.59. The number of carbonyl (C=O) groups is 1. The molecule has 0 spiro atoms. The summed E-state index contributed by atoms with van der Waals surface area (Å²) < 4.78 is 25.3. The molecular weight excluding hydrogens is 352 g/mol. The third kappa shape index (κ3) is 3.18. The van der Waals surface area contributed by atoms with Gasteiger partial charge in [0.1, 0.15) is 0 Å². The number of amides is 1. The van der Waals surface area contributed by atoms with E-state index in [1.165, 1.54) is 25.1 Å². The minimum atomic E-state index is -4.18. The fourth-order valence-electron chi connectivity index (χ4n) is 1.48. The van der Waals surface area contributed by atoms with Crippen molar-refractivity contribution < 1.29 is 18.1 Å². The number of rotatable bonds is 4. The van der Waals surface area contributed by atoms with Crippen molar-refractivity contribution in [1.82, 2.24) is 9.19 Å². The molecule has 1 aromatic carbocycles. The van der Waals surface area contributed by atoms with Gasteiger partial charge in [0.15, 0.2) is 3.95 Å². The van der Waals surface area contributed by atoms with Gasteiger partial charge < -0.3 is 5.32 Å². The molecule has 0 aliphatic carbocycles. The van der Waals surface area contributed by atoms with Gasteiger partial charge in [0.05, 0.1) is 9.82 Å². The summed E-state index contributed by atoms with van der Waals surface area (Å²) in [5, 5.41) is 16.8. The summed E-state index contributed by atoms with van der Waals surface area (Å²) in [4.78, 5) is 20.7. The minimum Gasteiger partial charge on any atom is -0.301 e. The molecule has 0 saturated heterocycles. The maximum absolute atomic E-state index is 12.4. The second kappa shape index (κ2) is 5.90. The van der Waals surface area contributed by atoms with Crippen LogP contribution in [0.1, 0.15) is 6.92 Å². The zero-order chi connectivity index (χ0) is 16.5. The van der Waals surface area contributed by atoms with Crippen molar-refractivity contribution in [2.24, 2.45) is 0 Å². The fourth-order valence-corrected chi connectivity index (χ4v) is 4.21. The average molecular weight is 360 g/mol. The van der Waals surface area contributed by atoms with Crippen molar-refractivity contribution in [3.05, 3.63) is 38.3 Å². The molecule has 1 aromatic heterocycles. The maximum Gasteiger partial charge on any atom is 0.285 e. The number of nitro groups is 1. The topological polar surface area (TPSA) is 124 Å². The molecule has 0 aliphatic rings. The molecule has 0 radical (unpaired) electrons. The highest BCUT2D eigenvalue weighted by Crippen LogP contribution is 2.23. The number of nitrogens with one attached hydrogen (secondary N) is 1. The number of nitro benzene ring substituents is 1. The van der Waals surface area contributed by atoms with E-state index in [1.807, 2.05) is 0 Å². The summed E-state index contributed by atoms with van der Waals surface area (Å²) in [6.45, 7) is 1.24. The summed E-state index contributed by atoms with van der Waals surface area (Å²) in [7, 11) is -4.18. The lowest BCUT2D eigenvalue weighted by atomic mass is 10.3. The third-order valence-electron chi connectivity index (χ3n) is 2.36. The Morgan fingerprint density at radius 1 is 1.50 bits per heavy atom. The largest absolute Gasteiger partial charge is 0.301 e. The van der Waals surface area contributed by atoms with Crippen LogP contribution in [0.4, 0.5) is 10.8 Å². The predicted octanol–water partition coefficient (Wildman–Crippen LogP) is 1.78. The van der Waals surface area contributed by atoms with E-state index in [0.29, 0.717) is 4.09 Å². The second-order valence-corrected chi connectivity index (χ2v) is 7.35. The van der Waals surface area contributed by atoms with Gasteiger partial charge in [-0.15, -0.1) is 9.19 Å². The lowest BCUT2D eigenvalue weighted by Gasteiger charge is -2.03. The van der Waals surface area contributed by atoms with Crippen LogP contribution >= 0.6 is 23.6 Å². The minimum absolute atomic E-state index is 0.0199. The Bertz CT molecular complexity index is 915. The van der Waals surface area contributed by atoms with Gasteiger partial charge in [-0.05, 0) is 18.3 Å². The number of carbonyl (C=O) groups excluding carboxylic acids is 1. The first kappa shape index (κ1) is 16.2. The van der Waals surface area contributed by atoms with E-state index in [0.717, 1.165) is 17.4 Å². The van der Waals surface area contributed by atoms with Crippen LogP contribution in [0.3, 0.4) is 0 Å². The summed E-state index contributed by atoms with van der Waals surface area (Å²) in [6, 6.07) is 4.52. The molecule has 12 heteroatoms. The molecule has 0 saturated carbocycles. The SMILES string of the molecule is CC(=O)Nc1nn(S(=O)(=O)c2cccc([N+](=O)[O-])c2)c(=S)s1. The number of hydrogen-bond acceptors (Lipinski definition) is 8. The monoisotopic (exact) mass is 360 g/mol. The highest BCUT2D eigenvalue weighted by molar-refractivity contribution is 7.90. The second-order valence-electron chi connectivity index (χ2n) is 3.96. The van der Waals surface area contributed by atoms with Crippen LogP contribution in [0.2, 0.25) is 0 Å². The van der Waals surface area contributed by atoms with Gasteiger partial charge in [-0.2, -0.15) is 8.42 Å². The number of non-ortho nitro benzene ring substituents is 1. The summed E-state index contributed by atoms with van der Waals surface area (Å²) in [6.07, 6.45) is 0. The van der Waals surface area contributed by atoms with Crippen LogP contribution in [0.15, 0.2) is 29.2 Å². The number of benzene rings is 1. The van der Waals surface area contributed by atoms with Crippen LogP contribution in [0.5, 0.6) is 0 Å². The Kier molecular flexibility index (Phi) is 4.35. The van der Waals surface area contributed by atoms with Crippen molar-refractivity contribution >= 4 is 50.3 Å². The zero-order valence-corrected chi connectivity index (χ0v) is 13.4. The number of anilines is 1. The number of aromatic nitrogens is 2. The molecule has 0 unspecified atom stereocenters. The van der Waals surface area contributed by atoms with Crippen LogP contribution in [0.25, 0.3) is 0 Å². The van der Waals surface area contributed by atoms with E-state index in [1.54, 1.807) is 0 Å². The van der Waals surface area contributed by atoms with Gasteiger partial charge in [0, 0.05) is 19.1 Å². The van der Waals surface area contributed by atoms with Crippen LogP contribution < -0.4 is 5.32 Å². The van der Waals surface area contributed by atoms with Gasteiger partial charge in [0.25, 0.3) is 15.7 Å². The van der Waals surface area contributed by atoms with E-state index >= 15 is 0 Å². The molecular formula is C10H8N4O5S3. The van der Waals surface area contributed by atoms with Gasteiger partial charge in [-0.1, -0.05) is 17.4 Å². The molecule has 9 nitrogen and oxygen atoms in total. The van der Waals surface area contributed by atoms with Crippen LogP contribution in [-0.2, 0) is 14.8 Å². The first-order chi connectivity index (χ1) is 10.2. The quantitative estimate of drug-likeness (QED) is 0.500. The normalized spacial score (nSPS) is 11.1. The van der Waals surface area contributed by atoms with Crippen molar-refractivity contribution in [3.8, 4) is 0 Å². The highest BCUT2D eigenvalue weighted by Gasteiger charge is 2.23. The smallest absolute Gasteiger partial charge is 0.285 e. The Morgan fingerprint density at radius 2 is 2.18 bits per heavy atom. The fraction of sp³-hybridized carbons (Fsp3) is 0.100. The van der Waals surface area contributed by atoms with Gasteiger partial charge in [0.2, 0.25) is 11.0 Å².